The molecule has 0 aliphatic rings. The predicted octanol–water partition coefficient (Wildman–Crippen LogP) is 0.221. The Hall–Kier alpha value is 0.459. The molecule has 0 saturated heterocycles. The van der Waals surface area contributed by atoms with Gasteiger partial charge in [0, 0.05) is 0 Å². The van der Waals surface area contributed by atoms with E-state index in [9.17, 15) is 12.2 Å². The van der Waals surface area contributed by atoms with Gasteiger partial charge in [-0.2, -0.15) is 0 Å². The summed E-state index contributed by atoms with van der Waals surface area (Å²) >= 11 is -3.53. The topological polar surface area (TPSA) is 60.4 Å². The second kappa shape index (κ2) is 3.46. The molecule has 0 saturated carbocycles. The first-order chi connectivity index (χ1) is 3.18. The molecule has 0 bridgehead atoms. The van der Waals surface area contributed by atoms with Crippen LogP contribution in [0.15, 0.2) is 0 Å². The van der Waals surface area contributed by atoms with Gasteiger partial charge in [-0.15, -0.1) is 0 Å². The summed E-state index contributed by atoms with van der Waals surface area (Å²) in [7, 11) is 1.13. The molecule has 0 aromatic rings. The SMILES string of the molecule is C[O][3Sn](=[O])[P](=O)=O. The van der Waals surface area contributed by atoms with Gasteiger partial charge < -0.3 is 0 Å². The molecule has 0 amide bonds. The van der Waals surface area contributed by atoms with Crippen molar-refractivity contribution in [1.29, 1.82) is 0 Å². The molecule has 0 spiro atoms. The summed E-state index contributed by atoms with van der Waals surface area (Å²) in [5.41, 5.74) is 0. The van der Waals surface area contributed by atoms with Crippen molar-refractivity contribution >= 4 is 24.9 Å². The van der Waals surface area contributed by atoms with E-state index in [4.69, 9.17) is 0 Å². The van der Waals surface area contributed by atoms with Gasteiger partial charge in [0.25, 0.3) is 0 Å². The van der Waals surface area contributed by atoms with Gasteiger partial charge in [-0.25, -0.2) is 0 Å². The summed E-state index contributed by atoms with van der Waals surface area (Å²) in [5, 5.41) is -2.74. The van der Waals surface area contributed by atoms with Crippen LogP contribution >= 0.6 is 5.33 Å². The summed E-state index contributed by atoms with van der Waals surface area (Å²) in [6.07, 6.45) is 0. The third-order valence-electron chi connectivity index (χ3n) is 0.324. The Bertz CT molecular complexity index is 129. The van der Waals surface area contributed by atoms with E-state index in [0.717, 1.165) is 7.11 Å². The molecule has 0 aliphatic heterocycles. The summed E-state index contributed by atoms with van der Waals surface area (Å²) in [4.78, 5) is 0. The third-order valence-corrected chi connectivity index (χ3v) is 5.40. The van der Waals surface area contributed by atoms with Crippen LogP contribution in [-0.2, 0) is 15.3 Å². The molecule has 0 rings (SSSR count). The average Bonchev–Trinajstić information content (AvgIpc) is 1.65. The summed E-state index contributed by atoms with van der Waals surface area (Å²) in [6, 6.07) is 0. The zero-order valence-corrected chi connectivity index (χ0v) is 7.33. The first-order valence-corrected chi connectivity index (χ1v) is 8.74. The summed E-state index contributed by atoms with van der Waals surface area (Å²) in [6.45, 7) is 0. The van der Waals surface area contributed by atoms with Gasteiger partial charge in [-0.05, 0) is 0 Å². The van der Waals surface area contributed by atoms with Crippen LogP contribution in [0.2, 0.25) is 0 Å². The van der Waals surface area contributed by atoms with Gasteiger partial charge in [-0.1, -0.05) is 0 Å². The molecule has 4 nitrogen and oxygen atoms in total. The Morgan fingerprint density at radius 3 is 2.00 bits per heavy atom. The van der Waals surface area contributed by atoms with Crippen LogP contribution < -0.4 is 0 Å². The van der Waals surface area contributed by atoms with Gasteiger partial charge in [-0.3, -0.25) is 0 Å². The van der Waals surface area contributed by atoms with E-state index in [-0.39, 0.29) is 0 Å². The molecule has 0 fully saturated rings. The van der Waals surface area contributed by atoms with Crippen LogP contribution in [-0.4, -0.2) is 26.7 Å². The second-order valence-electron chi connectivity index (χ2n) is 0.727. The fourth-order valence-electron chi connectivity index (χ4n) is 0.0745. The maximum atomic E-state index is 9.97. The molecule has 40 valence electrons. The molecule has 0 N–H and O–H groups in total. The quantitative estimate of drug-likeness (QED) is 0.379. The van der Waals surface area contributed by atoms with E-state index in [1.165, 1.54) is 0 Å². The Balaban J connectivity index is 3.83. The molecule has 0 radical (unpaired) electrons. The van der Waals surface area contributed by atoms with Crippen molar-refractivity contribution in [3.05, 3.63) is 0 Å². The summed E-state index contributed by atoms with van der Waals surface area (Å²) < 4.78 is 33.3. The third kappa shape index (κ3) is 3.08. The van der Waals surface area contributed by atoms with Gasteiger partial charge >= 0.3 is 47.3 Å². The fourth-order valence-corrected chi connectivity index (χ4v) is 1.50. The molecule has 0 aromatic carbocycles. The predicted molar refractivity (Wildman–Crippen MR) is 21.7 cm³/mol. The maximum absolute atomic E-state index is 9.97. The van der Waals surface area contributed by atoms with Crippen molar-refractivity contribution in [2.45, 2.75) is 0 Å². The molecule has 0 atom stereocenters. The minimum atomic E-state index is -3.53. The first-order valence-electron chi connectivity index (χ1n) is 1.41. The van der Waals surface area contributed by atoms with Gasteiger partial charge in [0.1, 0.15) is 0 Å². The number of hydrogen-bond acceptors (Lipinski definition) is 4. The van der Waals surface area contributed by atoms with Crippen LogP contribution in [0.3, 0.4) is 0 Å². The molecular formula is CH3O4PSn. The van der Waals surface area contributed by atoms with E-state index in [1.807, 2.05) is 0 Å². The normalized spacial score (nSPS) is 8.14. The van der Waals surface area contributed by atoms with Gasteiger partial charge in [0.05, 0.1) is 0 Å². The standard InChI is InChI=1S/CH3O.O2P.O.Sn/c1-2;1-3-2;;/h1H3;;;/q-1;;;+1/i;;;1+37. The van der Waals surface area contributed by atoms with Crippen LogP contribution in [0.1, 0.15) is 0 Å². The van der Waals surface area contributed by atoms with E-state index in [0.29, 0.717) is 0 Å². The van der Waals surface area contributed by atoms with Crippen molar-refractivity contribution < 1.29 is 15.3 Å². The molecule has 7 heavy (non-hydrogen) atoms. The van der Waals surface area contributed by atoms with E-state index in [1.54, 1.807) is 0 Å². The van der Waals surface area contributed by atoms with Crippen LogP contribution in [0.5, 0.6) is 0 Å². The average molecular weight is 113 g/mol. The molecular weight excluding hydrogens is 110 g/mol. The van der Waals surface area contributed by atoms with Crippen LogP contribution in [0.25, 0.3) is 0 Å². The molecule has 0 unspecified atom stereocenters. The van der Waals surface area contributed by atoms with Crippen LogP contribution in [0, 0.1) is 0 Å². The van der Waals surface area contributed by atoms with Crippen molar-refractivity contribution in [2.75, 3.05) is 7.11 Å². The molecule has 0 aromatic heterocycles. The van der Waals surface area contributed by atoms with Crippen molar-refractivity contribution in [1.82, 2.24) is 0 Å². The van der Waals surface area contributed by atoms with E-state index >= 15 is 0 Å². The van der Waals surface area contributed by atoms with Crippen LogP contribution in [0.4, 0.5) is 0 Å². The Kier molecular flexibility index (Phi) is 3.69. The van der Waals surface area contributed by atoms with Gasteiger partial charge in [0.2, 0.25) is 0 Å². The Labute approximate surface area is 47.7 Å². The zero-order chi connectivity index (χ0) is 5.86. The Morgan fingerprint density at radius 1 is 1.57 bits per heavy atom. The molecule has 0 aliphatic carbocycles. The Morgan fingerprint density at radius 2 is 2.00 bits per heavy atom. The minimum absolute atomic E-state index is 1.13. The van der Waals surface area contributed by atoms with Crippen molar-refractivity contribution in [3.63, 3.8) is 0 Å². The second-order valence-corrected chi connectivity index (χ2v) is 9.50. The van der Waals surface area contributed by atoms with E-state index < -0.39 is 24.9 Å². The number of rotatable bonds is 2. The van der Waals surface area contributed by atoms with Crippen molar-refractivity contribution in [3.8, 4) is 0 Å². The first kappa shape index (κ1) is 7.46. The summed E-state index contributed by atoms with van der Waals surface area (Å²) in [5.74, 6) is 0. The van der Waals surface area contributed by atoms with Gasteiger partial charge in [0.15, 0.2) is 0 Å². The fraction of sp³-hybridized carbons (Fsp3) is 1.00. The zero-order valence-electron chi connectivity index (χ0n) is 3.58. The molecule has 0 heterocycles. The monoisotopic (exact) mass is 113 g/mol. The molecule has 6 heteroatoms. The van der Waals surface area contributed by atoms with Crippen molar-refractivity contribution in [2.24, 2.45) is 0 Å². The number of hydrogen-bond donors (Lipinski definition) is 0. The van der Waals surface area contributed by atoms with E-state index in [2.05, 4.69) is 3.07 Å².